The van der Waals surface area contributed by atoms with Crippen molar-refractivity contribution in [3.8, 4) is 5.75 Å². The van der Waals surface area contributed by atoms with Gasteiger partial charge in [-0.05, 0) is 69.9 Å². The van der Waals surface area contributed by atoms with Crippen LogP contribution in [0.5, 0.6) is 5.75 Å². The number of sulfone groups is 1. The summed E-state index contributed by atoms with van der Waals surface area (Å²) in [6.07, 6.45) is 6.28. The molecule has 2 aliphatic heterocycles. The monoisotopic (exact) mass is 495 g/mol. The van der Waals surface area contributed by atoms with Crippen LogP contribution in [-0.2, 0) is 14.6 Å². The average Bonchev–Trinajstić information content (AvgIpc) is 3.00. The van der Waals surface area contributed by atoms with E-state index in [0.29, 0.717) is 0 Å². The normalized spacial score (nSPS) is 22.8. The fraction of sp³-hybridized carbons (Fsp3) is 0.478. The SMILES string of the molecule is CC(C)(Oc1ccc(F)cc1Cl)C(=O)NC1CC2CCC(C1)N2c1ccc(S(C)(=O)=O)nc1. The van der Waals surface area contributed by atoms with Gasteiger partial charge in [-0.15, -0.1) is 0 Å². The Balaban J connectivity index is 1.41. The largest absolute Gasteiger partial charge is 0.476 e. The summed E-state index contributed by atoms with van der Waals surface area (Å²) in [7, 11) is -3.34. The summed E-state index contributed by atoms with van der Waals surface area (Å²) in [6.45, 7) is 3.31. The lowest BCUT2D eigenvalue weighted by Crippen LogP contribution is -2.55. The highest BCUT2D eigenvalue weighted by Gasteiger charge is 2.43. The topological polar surface area (TPSA) is 88.6 Å². The zero-order valence-electron chi connectivity index (χ0n) is 18.7. The Hall–Kier alpha value is -2.39. The molecule has 2 bridgehead atoms. The number of hydrogen-bond donors (Lipinski definition) is 1. The first-order valence-corrected chi connectivity index (χ1v) is 13.1. The van der Waals surface area contributed by atoms with Crippen LogP contribution in [0.4, 0.5) is 10.1 Å². The Kier molecular flexibility index (Phi) is 6.30. The first-order valence-electron chi connectivity index (χ1n) is 10.8. The van der Waals surface area contributed by atoms with Gasteiger partial charge in [0.2, 0.25) is 0 Å². The number of halogens is 2. The van der Waals surface area contributed by atoms with Gasteiger partial charge in [0.05, 0.1) is 16.9 Å². The van der Waals surface area contributed by atoms with E-state index in [1.807, 2.05) is 0 Å². The van der Waals surface area contributed by atoms with Crippen LogP contribution >= 0.6 is 11.6 Å². The van der Waals surface area contributed by atoms with Gasteiger partial charge in [-0.3, -0.25) is 4.79 Å². The molecule has 33 heavy (non-hydrogen) atoms. The fourth-order valence-corrected chi connectivity index (χ4v) is 5.46. The van der Waals surface area contributed by atoms with Crippen molar-refractivity contribution in [2.75, 3.05) is 11.2 Å². The Morgan fingerprint density at radius 1 is 1.21 bits per heavy atom. The molecule has 2 saturated heterocycles. The van der Waals surface area contributed by atoms with Gasteiger partial charge in [-0.25, -0.2) is 17.8 Å². The second kappa shape index (κ2) is 8.76. The van der Waals surface area contributed by atoms with Gasteiger partial charge in [0, 0.05) is 24.4 Å². The molecule has 3 heterocycles. The van der Waals surface area contributed by atoms with Crippen molar-refractivity contribution in [1.82, 2.24) is 10.3 Å². The van der Waals surface area contributed by atoms with Crippen molar-refractivity contribution in [3.05, 3.63) is 47.4 Å². The molecule has 0 radical (unpaired) electrons. The third kappa shape index (κ3) is 5.09. The molecule has 2 unspecified atom stereocenters. The molecule has 1 amide bonds. The minimum absolute atomic E-state index is 0.0129. The number of pyridine rings is 1. The third-order valence-corrected chi connectivity index (χ3v) is 7.57. The lowest BCUT2D eigenvalue weighted by atomic mass is 9.95. The number of anilines is 1. The van der Waals surface area contributed by atoms with Crippen molar-refractivity contribution in [1.29, 1.82) is 0 Å². The van der Waals surface area contributed by atoms with E-state index in [1.165, 1.54) is 12.1 Å². The molecule has 2 atom stereocenters. The molecule has 1 aromatic heterocycles. The van der Waals surface area contributed by atoms with Crippen LogP contribution in [0.25, 0.3) is 0 Å². The highest BCUT2D eigenvalue weighted by molar-refractivity contribution is 7.90. The van der Waals surface area contributed by atoms with Crippen molar-refractivity contribution < 1.29 is 22.3 Å². The molecule has 4 rings (SSSR count). The quantitative estimate of drug-likeness (QED) is 0.656. The minimum Gasteiger partial charge on any atom is -0.476 e. The smallest absolute Gasteiger partial charge is 0.263 e. The van der Waals surface area contributed by atoms with Crippen LogP contribution in [0.1, 0.15) is 39.5 Å². The number of ether oxygens (including phenoxy) is 1. The predicted octanol–water partition coefficient (Wildman–Crippen LogP) is 3.75. The molecule has 0 spiro atoms. The summed E-state index contributed by atoms with van der Waals surface area (Å²) >= 11 is 6.05. The van der Waals surface area contributed by atoms with E-state index in [1.54, 1.807) is 32.2 Å². The van der Waals surface area contributed by atoms with Crippen LogP contribution in [0.15, 0.2) is 41.6 Å². The Morgan fingerprint density at radius 3 is 2.42 bits per heavy atom. The predicted molar refractivity (Wildman–Crippen MR) is 124 cm³/mol. The number of nitrogens with zero attached hydrogens (tertiary/aromatic N) is 2. The van der Waals surface area contributed by atoms with E-state index < -0.39 is 21.3 Å². The van der Waals surface area contributed by atoms with Crippen LogP contribution in [0, 0.1) is 5.82 Å². The van der Waals surface area contributed by atoms with Gasteiger partial charge < -0.3 is 15.0 Å². The molecule has 10 heteroatoms. The van der Waals surface area contributed by atoms with Crippen LogP contribution in [0.3, 0.4) is 0 Å². The number of carbonyl (C=O) groups is 1. The molecule has 178 valence electrons. The van der Waals surface area contributed by atoms with Crippen LogP contribution in [0.2, 0.25) is 5.02 Å². The van der Waals surface area contributed by atoms with E-state index >= 15 is 0 Å². The zero-order chi connectivity index (χ0) is 24.0. The van der Waals surface area contributed by atoms with E-state index in [9.17, 15) is 17.6 Å². The lowest BCUT2D eigenvalue weighted by Gasteiger charge is -2.41. The molecule has 2 aliphatic rings. The van der Waals surface area contributed by atoms with Gasteiger partial charge >= 0.3 is 0 Å². The zero-order valence-corrected chi connectivity index (χ0v) is 20.3. The Labute approximate surface area is 198 Å². The van der Waals surface area contributed by atoms with Gasteiger partial charge in [-0.1, -0.05) is 11.6 Å². The van der Waals surface area contributed by atoms with Gasteiger partial charge in [0.15, 0.2) is 20.5 Å². The molecule has 1 N–H and O–H groups in total. The molecule has 1 aromatic carbocycles. The van der Waals surface area contributed by atoms with Crippen LogP contribution < -0.4 is 15.0 Å². The molecular formula is C23H27ClFN3O4S. The number of piperidine rings is 1. The lowest BCUT2D eigenvalue weighted by molar-refractivity contribution is -0.135. The van der Waals surface area contributed by atoms with Crippen molar-refractivity contribution in [2.45, 2.75) is 68.3 Å². The first kappa shape index (κ1) is 23.8. The Morgan fingerprint density at radius 2 is 1.88 bits per heavy atom. The standard InChI is InChI=1S/C23H27ClFN3O4S/c1-23(2,32-20-8-4-14(25)10-19(20)24)22(29)27-15-11-16-5-6-17(12-15)28(16)18-7-9-21(26-13-18)33(3,30)31/h4,7-10,13,15-17H,5-6,11-12H2,1-3H3,(H,27,29). The minimum atomic E-state index is -3.34. The van der Waals surface area contributed by atoms with Crippen LogP contribution in [-0.4, -0.2) is 49.3 Å². The summed E-state index contributed by atoms with van der Waals surface area (Å²) in [6, 6.07) is 7.59. The number of carbonyl (C=O) groups excluding carboxylic acids is 1. The molecule has 0 aliphatic carbocycles. The summed E-state index contributed by atoms with van der Waals surface area (Å²) in [5, 5.41) is 3.28. The fourth-order valence-electron chi connectivity index (χ4n) is 4.70. The third-order valence-electron chi connectivity index (χ3n) is 6.27. The van der Waals surface area contributed by atoms with E-state index in [-0.39, 0.29) is 39.8 Å². The summed E-state index contributed by atoms with van der Waals surface area (Å²) < 4.78 is 42.5. The molecule has 7 nitrogen and oxygen atoms in total. The maximum atomic E-state index is 13.3. The number of rotatable bonds is 6. The summed E-state index contributed by atoms with van der Waals surface area (Å²) in [5.74, 6) is -0.490. The molecular weight excluding hydrogens is 469 g/mol. The highest BCUT2D eigenvalue weighted by atomic mass is 35.5. The van der Waals surface area contributed by atoms with Crippen molar-refractivity contribution in [2.24, 2.45) is 0 Å². The number of benzene rings is 1. The van der Waals surface area contributed by atoms with E-state index in [4.69, 9.17) is 16.3 Å². The number of nitrogens with one attached hydrogen (secondary N) is 1. The number of amides is 1. The second-order valence-corrected chi connectivity index (χ2v) is 11.6. The van der Waals surface area contributed by atoms with E-state index in [0.717, 1.165) is 43.7 Å². The number of fused-ring (bicyclic) bond motifs is 2. The highest BCUT2D eigenvalue weighted by Crippen LogP contribution is 2.39. The number of hydrogen-bond acceptors (Lipinski definition) is 6. The molecule has 2 aromatic rings. The summed E-state index contributed by atoms with van der Waals surface area (Å²) in [5.41, 5.74) is -0.294. The molecule has 2 fully saturated rings. The second-order valence-electron chi connectivity index (χ2n) is 9.25. The maximum absolute atomic E-state index is 13.3. The molecule has 0 saturated carbocycles. The van der Waals surface area contributed by atoms with Gasteiger partial charge in [0.1, 0.15) is 11.6 Å². The number of aromatic nitrogens is 1. The van der Waals surface area contributed by atoms with Gasteiger partial charge in [-0.2, -0.15) is 0 Å². The first-order chi connectivity index (χ1) is 15.4. The maximum Gasteiger partial charge on any atom is 0.263 e. The van der Waals surface area contributed by atoms with E-state index in [2.05, 4.69) is 15.2 Å². The van der Waals surface area contributed by atoms with Gasteiger partial charge in [0.25, 0.3) is 5.91 Å². The average molecular weight is 496 g/mol. The Bertz CT molecular complexity index is 1140. The summed E-state index contributed by atoms with van der Waals surface area (Å²) in [4.78, 5) is 19.4. The van der Waals surface area contributed by atoms with Crippen molar-refractivity contribution >= 4 is 33.0 Å². The van der Waals surface area contributed by atoms with Crippen molar-refractivity contribution in [3.63, 3.8) is 0 Å².